The van der Waals surface area contributed by atoms with E-state index in [0.29, 0.717) is 28.3 Å². The van der Waals surface area contributed by atoms with Gasteiger partial charge >= 0.3 is 0 Å². The number of nitrogens with one attached hydrogen (secondary N) is 1. The van der Waals surface area contributed by atoms with E-state index >= 15 is 0 Å². The van der Waals surface area contributed by atoms with E-state index in [0.717, 1.165) is 24.1 Å². The summed E-state index contributed by atoms with van der Waals surface area (Å²) in [6, 6.07) is 11.2. The monoisotopic (exact) mass is 387 g/mol. The predicted molar refractivity (Wildman–Crippen MR) is 107 cm³/mol. The van der Waals surface area contributed by atoms with Gasteiger partial charge in [-0.05, 0) is 18.9 Å². The standard InChI is InChI=1S/C21H17N5O3/c1-26-10-9-22-18(21(26)28)24-19(27)14-11-15(12-7-8-12)23-20-16(14)17(25-29-20)13-5-3-2-4-6-13/h2-6,9-12H,7-8H2,1H3,(H,22,24,27). The van der Waals surface area contributed by atoms with Crippen LogP contribution >= 0.6 is 0 Å². The zero-order valence-electron chi connectivity index (χ0n) is 15.6. The lowest BCUT2D eigenvalue weighted by Gasteiger charge is -2.08. The number of carbonyl (C=O) groups excluding carboxylic acids is 1. The molecule has 1 aromatic carbocycles. The van der Waals surface area contributed by atoms with E-state index in [4.69, 9.17) is 4.52 Å². The molecule has 0 bridgehead atoms. The Kier molecular flexibility index (Phi) is 3.97. The third-order valence-electron chi connectivity index (χ3n) is 5.00. The Hall–Kier alpha value is -3.81. The van der Waals surface area contributed by atoms with Crippen molar-refractivity contribution >= 4 is 22.8 Å². The van der Waals surface area contributed by atoms with Gasteiger partial charge in [0.2, 0.25) is 0 Å². The number of benzene rings is 1. The first-order chi connectivity index (χ1) is 14.1. The summed E-state index contributed by atoms with van der Waals surface area (Å²) in [7, 11) is 1.60. The predicted octanol–water partition coefficient (Wildman–Crippen LogP) is 3.11. The van der Waals surface area contributed by atoms with Crippen LogP contribution in [0.4, 0.5) is 5.82 Å². The van der Waals surface area contributed by atoms with Crippen molar-refractivity contribution in [1.29, 1.82) is 0 Å². The molecule has 0 atom stereocenters. The van der Waals surface area contributed by atoms with Gasteiger partial charge in [-0.1, -0.05) is 35.5 Å². The van der Waals surface area contributed by atoms with Gasteiger partial charge in [0.15, 0.2) is 5.82 Å². The summed E-state index contributed by atoms with van der Waals surface area (Å²) in [5, 5.41) is 7.32. The maximum atomic E-state index is 13.2. The number of pyridine rings is 1. The van der Waals surface area contributed by atoms with Gasteiger partial charge in [0.1, 0.15) is 5.69 Å². The number of anilines is 1. The van der Waals surface area contributed by atoms with Crippen molar-refractivity contribution in [3.05, 3.63) is 70.4 Å². The SMILES string of the molecule is Cn1ccnc(NC(=O)c2cc(C3CC3)nc3onc(-c4ccccc4)c23)c1=O. The first-order valence-corrected chi connectivity index (χ1v) is 9.30. The Labute approximate surface area is 165 Å². The van der Waals surface area contributed by atoms with E-state index in [2.05, 4.69) is 20.4 Å². The number of hydrogen-bond acceptors (Lipinski definition) is 6. The highest BCUT2D eigenvalue weighted by molar-refractivity contribution is 6.14. The molecule has 0 saturated heterocycles. The molecule has 1 N–H and O–H groups in total. The molecule has 0 unspecified atom stereocenters. The van der Waals surface area contributed by atoms with E-state index in [-0.39, 0.29) is 11.4 Å². The van der Waals surface area contributed by atoms with E-state index in [1.54, 1.807) is 13.1 Å². The Morgan fingerprint density at radius 3 is 2.79 bits per heavy atom. The quantitative estimate of drug-likeness (QED) is 0.577. The maximum Gasteiger partial charge on any atom is 0.293 e. The Bertz CT molecular complexity index is 1290. The van der Waals surface area contributed by atoms with Crippen LogP contribution in [0.2, 0.25) is 0 Å². The molecular formula is C21H17N5O3. The average molecular weight is 387 g/mol. The summed E-state index contributed by atoms with van der Waals surface area (Å²) < 4.78 is 6.84. The molecule has 3 heterocycles. The van der Waals surface area contributed by atoms with Gasteiger partial charge < -0.3 is 14.4 Å². The molecule has 4 aromatic rings. The van der Waals surface area contributed by atoms with E-state index < -0.39 is 5.91 Å². The Balaban J connectivity index is 1.66. The van der Waals surface area contributed by atoms with E-state index in [9.17, 15) is 9.59 Å². The summed E-state index contributed by atoms with van der Waals surface area (Å²) in [5.41, 5.74) is 2.44. The van der Waals surface area contributed by atoms with Crippen LogP contribution in [0.3, 0.4) is 0 Å². The van der Waals surface area contributed by atoms with Crippen LogP contribution in [-0.2, 0) is 7.05 Å². The Morgan fingerprint density at radius 2 is 2.03 bits per heavy atom. The van der Waals surface area contributed by atoms with Crippen molar-refractivity contribution in [2.45, 2.75) is 18.8 Å². The Morgan fingerprint density at radius 1 is 1.24 bits per heavy atom. The van der Waals surface area contributed by atoms with E-state index in [1.165, 1.54) is 17.0 Å². The summed E-state index contributed by atoms with van der Waals surface area (Å²) in [5.74, 6) is -0.162. The molecule has 144 valence electrons. The van der Waals surface area contributed by atoms with Gasteiger partial charge in [0.25, 0.3) is 17.2 Å². The van der Waals surface area contributed by atoms with Gasteiger partial charge in [-0.3, -0.25) is 9.59 Å². The van der Waals surface area contributed by atoms with E-state index in [1.807, 2.05) is 30.3 Å². The van der Waals surface area contributed by atoms with Crippen LogP contribution < -0.4 is 10.9 Å². The zero-order chi connectivity index (χ0) is 20.0. The largest absolute Gasteiger partial charge is 0.335 e. The minimum atomic E-state index is -0.449. The molecule has 8 heteroatoms. The van der Waals surface area contributed by atoms with Gasteiger partial charge in [0.05, 0.1) is 10.9 Å². The minimum Gasteiger partial charge on any atom is -0.335 e. The molecule has 3 aromatic heterocycles. The summed E-state index contributed by atoms with van der Waals surface area (Å²) in [4.78, 5) is 34.0. The van der Waals surface area contributed by atoms with Crippen LogP contribution in [0.15, 0.2) is 58.1 Å². The molecule has 5 rings (SSSR count). The third kappa shape index (κ3) is 3.08. The summed E-state index contributed by atoms with van der Waals surface area (Å²) in [6.45, 7) is 0. The fraction of sp³-hybridized carbons (Fsp3) is 0.190. The molecule has 8 nitrogen and oxygen atoms in total. The molecule has 29 heavy (non-hydrogen) atoms. The summed E-state index contributed by atoms with van der Waals surface area (Å²) in [6.07, 6.45) is 5.05. The highest BCUT2D eigenvalue weighted by Gasteiger charge is 2.29. The second-order valence-corrected chi connectivity index (χ2v) is 7.09. The smallest absolute Gasteiger partial charge is 0.293 e. The highest BCUT2D eigenvalue weighted by atomic mass is 16.5. The molecule has 0 aliphatic heterocycles. The maximum absolute atomic E-state index is 13.2. The molecule has 1 fully saturated rings. The second kappa shape index (κ2) is 6.66. The van der Waals surface area contributed by atoms with Gasteiger partial charge in [0, 0.05) is 36.6 Å². The number of carbonyl (C=O) groups is 1. The van der Waals surface area contributed by atoms with Gasteiger partial charge in [-0.2, -0.15) is 0 Å². The number of nitrogens with zero attached hydrogens (tertiary/aromatic N) is 4. The minimum absolute atomic E-state index is 0.0318. The molecule has 1 amide bonds. The highest BCUT2D eigenvalue weighted by Crippen LogP contribution is 2.41. The molecule has 1 aliphatic rings. The van der Waals surface area contributed by atoms with Crippen molar-refractivity contribution in [3.8, 4) is 11.3 Å². The molecule has 0 spiro atoms. The first-order valence-electron chi connectivity index (χ1n) is 9.30. The first kappa shape index (κ1) is 17.3. The van der Waals surface area contributed by atoms with Crippen molar-refractivity contribution in [2.75, 3.05) is 5.32 Å². The van der Waals surface area contributed by atoms with Crippen LogP contribution in [0, 0.1) is 0 Å². The van der Waals surface area contributed by atoms with Gasteiger partial charge in [-0.25, -0.2) is 9.97 Å². The van der Waals surface area contributed by atoms with Crippen molar-refractivity contribution in [2.24, 2.45) is 7.05 Å². The topological polar surface area (TPSA) is 103 Å². The van der Waals surface area contributed by atoms with Crippen LogP contribution in [0.25, 0.3) is 22.4 Å². The number of aromatic nitrogens is 4. The summed E-state index contributed by atoms with van der Waals surface area (Å²) >= 11 is 0. The molecule has 0 radical (unpaired) electrons. The third-order valence-corrected chi connectivity index (χ3v) is 5.00. The average Bonchev–Trinajstić information content (AvgIpc) is 3.50. The zero-order valence-corrected chi connectivity index (χ0v) is 15.6. The molecule has 1 aliphatic carbocycles. The number of aryl methyl sites for hydroxylation is 1. The lowest BCUT2D eigenvalue weighted by molar-refractivity contribution is 0.102. The lowest BCUT2D eigenvalue weighted by atomic mass is 10.0. The number of hydrogen-bond donors (Lipinski definition) is 1. The fourth-order valence-electron chi connectivity index (χ4n) is 3.29. The van der Waals surface area contributed by atoms with Crippen molar-refractivity contribution < 1.29 is 9.32 Å². The second-order valence-electron chi connectivity index (χ2n) is 7.09. The number of amides is 1. The normalized spacial score (nSPS) is 13.6. The lowest BCUT2D eigenvalue weighted by Crippen LogP contribution is -2.25. The fourth-order valence-corrected chi connectivity index (χ4v) is 3.29. The van der Waals surface area contributed by atoms with Crippen LogP contribution in [0.5, 0.6) is 0 Å². The van der Waals surface area contributed by atoms with Crippen LogP contribution in [0.1, 0.15) is 34.8 Å². The molecular weight excluding hydrogens is 370 g/mol. The van der Waals surface area contributed by atoms with Crippen LogP contribution in [-0.4, -0.2) is 25.6 Å². The van der Waals surface area contributed by atoms with Gasteiger partial charge in [-0.15, -0.1) is 0 Å². The molecule has 1 saturated carbocycles. The van der Waals surface area contributed by atoms with Crippen molar-refractivity contribution in [3.63, 3.8) is 0 Å². The number of rotatable bonds is 4. The number of fused-ring (bicyclic) bond motifs is 1. The van der Waals surface area contributed by atoms with Crippen molar-refractivity contribution in [1.82, 2.24) is 19.7 Å².